The summed E-state index contributed by atoms with van der Waals surface area (Å²) in [6, 6.07) is 0.507. The smallest absolute Gasteiger partial charge is 0.122 e. The van der Waals surface area contributed by atoms with Crippen molar-refractivity contribution in [2.75, 3.05) is 33.4 Å². The van der Waals surface area contributed by atoms with E-state index in [9.17, 15) is 0 Å². The summed E-state index contributed by atoms with van der Waals surface area (Å²) in [5.74, 6) is 1.11. The largest absolute Gasteiger partial charge is 0.379 e. The molecule has 1 aliphatic rings. The predicted molar refractivity (Wildman–Crippen MR) is 66.8 cm³/mol. The van der Waals surface area contributed by atoms with Gasteiger partial charge >= 0.3 is 0 Å². The zero-order valence-electron chi connectivity index (χ0n) is 10.7. The summed E-state index contributed by atoms with van der Waals surface area (Å²) < 4.78 is 7.51. The Labute approximate surface area is 103 Å². The molecule has 1 saturated heterocycles. The number of rotatable bonds is 5. The van der Waals surface area contributed by atoms with Crippen molar-refractivity contribution >= 4 is 0 Å². The van der Waals surface area contributed by atoms with Crippen molar-refractivity contribution in [2.45, 2.75) is 19.0 Å². The highest BCUT2D eigenvalue weighted by molar-refractivity contribution is 4.90. The average molecular weight is 238 g/mol. The van der Waals surface area contributed by atoms with E-state index in [1.54, 1.807) is 0 Å². The van der Waals surface area contributed by atoms with Gasteiger partial charge < -0.3 is 14.6 Å². The lowest BCUT2D eigenvalue weighted by Crippen LogP contribution is -2.42. The highest BCUT2D eigenvalue weighted by Crippen LogP contribution is 2.03. The highest BCUT2D eigenvalue weighted by atomic mass is 16.5. The first kappa shape index (κ1) is 12.5. The summed E-state index contributed by atoms with van der Waals surface area (Å²) in [5, 5.41) is 3.47. The molecule has 0 radical (unpaired) electrons. The molecule has 17 heavy (non-hydrogen) atoms. The van der Waals surface area contributed by atoms with Gasteiger partial charge in [-0.1, -0.05) is 0 Å². The fourth-order valence-corrected chi connectivity index (χ4v) is 2.05. The van der Waals surface area contributed by atoms with E-state index >= 15 is 0 Å². The highest BCUT2D eigenvalue weighted by Gasteiger charge is 2.13. The molecule has 1 aromatic rings. The number of hydrogen-bond donors (Lipinski definition) is 1. The van der Waals surface area contributed by atoms with Crippen LogP contribution >= 0.6 is 0 Å². The van der Waals surface area contributed by atoms with Crippen LogP contribution in [0.1, 0.15) is 12.2 Å². The number of aromatic nitrogens is 2. The minimum absolute atomic E-state index is 0.507. The molecular weight excluding hydrogens is 216 g/mol. The lowest BCUT2D eigenvalue weighted by Gasteiger charge is -2.26. The number of imidazole rings is 1. The van der Waals surface area contributed by atoms with Crippen LogP contribution in [0.25, 0.3) is 0 Å². The molecule has 2 heterocycles. The van der Waals surface area contributed by atoms with Crippen molar-refractivity contribution < 1.29 is 4.74 Å². The molecule has 2 rings (SSSR count). The molecule has 1 aliphatic heterocycles. The molecule has 5 heteroatoms. The Hall–Kier alpha value is -0.910. The van der Waals surface area contributed by atoms with Crippen molar-refractivity contribution in [3.8, 4) is 0 Å². The molecule has 0 bridgehead atoms. The van der Waals surface area contributed by atoms with E-state index in [0.29, 0.717) is 6.04 Å². The molecule has 0 aromatic carbocycles. The van der Waals surface area contributed by atoms with Gasteiger partial charge in [0.05, 0.1) is 19.8 Å². The molecule has 96 valence electrons. The topological polar surface area (TPSA) is 42.3 Å². The zero-order chi connectivity index (χ0) is 12.1. The maximum Gasteiger partial charge on any atom is 0.122 e. The van der Waals surface area contributed by atoms with E-state index < -0.39 is 0 Å². The van der Waals surface area contributed by atoms with Crippen molar-refractivity contribution in [3.63, 3.8) is 0 Å². The molecular formula is C12H22N4O. The fraction of sp³-hybridized carbons (Fsp3) is 0.750. The molecule has 5 nitrogen and oxygen atoms in total. The van der Waals surface area contributed by atoms with Crippen LogP contribution in [0.5, 0.6) is 0 Å². The lowest BCUT2D eigenvalue weighted by molar-refractivity contribution is 0.0706. The summed E-state index contributed by atoms with van der Waals surface area (Å²) in [4.78, 5) is 6.64. The van der Waals surface area contributed by atoms with Gasteiger partial charge in [-0.3, -0.25) is 4.90 Å². The van der Waals surface area contributed by atoms with Gasteiger partial charge in [-0.05, 0) is 20.0 Å². The normalized spacial score (nSPS) is 21.0. The third kappa shape index (κ3) is 3.80. The van der Waals surface area contributed by atoms with Gasteiger partial charge in [0.2, 0.25) is 0 Å². The molecule has 1 N–H and O–H groups in total. The Bertz CT molecular complexity index is 333. The summed E-state index contributed by atoms with van der Waals surface area (Å²) in [7, 11) is 4.17. The first-order valence-electron chi connectivity index (χ1n) is 6.21. The van der Waals surface area contributed by atoms with Crippen LogP contribution in [-0.4, -0.2) is 53.8 Å². The third-order valence-corrected chi connectivity index (χ3v) is 3.19. The zero-order valence-corrected chi connectivity index (χ0v) is 10.7. The van der Waals surface area contributed by atoms with Gasteiger partial charge in [0.25, 0.3) is 0 Å². The first-order valence-corrected chi connectivity index (χ1v) is 6.21. The maximum absolute atomic E-state index is 5.44. The Morgan fingerprint density at radius 3 is 3.18 bits per heavy atom. The molecule has 1 aromatic heterocycles. The minimum atomic E-state index is 0.507. The Morgan fingerprint density at radius 1 is 1.65 bits per heavy atom. The fourth-order valence-electron chi connectivity index (χ4n) is 2.05. The van der Waals surface area contributed by atoms with Crippen LogP contribution < -0.4 is 5.32 Å². The Kier molecular flexibility index (Phi) is 4.53. The Balaban J connectivity index is 1.70. The number of ether oxygens (including phenoxy) is 1. The maximum atomic E-state index is 5.44. The number of nitrogens with zero attached hydrogens (tertiary/aromatic N) is 3. The number of hydrogen-bond acceptors (Lipinski definition) is 4. The van der Waals surface area contributed by atoms with Crippen molar-refractivity contribution in [1.82, 2.24) is 19.8 Å². The molecule has 1 fully saturated rings. The van der Waals surface area contributed by atoms with Crippen LogP contribution in [0.3, 0.4) is 0 Å². The van der Waals surface area contributed by atoms with Crippen molar-refractivity contribution in [2.24, 2.45) is 7.05 Å². The first-order chi connectivity index (χ1) is 8.25. The van der Waals surface area contributed by atoms with E-state index in [0.717, 1.165) is 45.1 Å². The van der Waals surface area contributed by atoms with Crippen LogP contribution in [-0.2, 0) is 18.3 Å². The quantitative estimate of drug-likeness (QED) is 0.797. The lowest BCUT2D eigenvalue weighted by atomic mass is 10.2. The summed E-state index contributed by atoms with van der Waals surface area (Å²) in [6.45, 7) is 4.63. The van der Waals surface area contributed by atoms with Gasteiger partial charge in [0.1, 0.15) is 5.82 Å². The minimum Gasteiger partial charge on any atom is -0.379 e. The monoisotopic (exact) mass is 238 g/mol. The summed E-state index contributed by atoms with van der Waals surface area (Å²) in [6.07, 6.45) is 4.96. The molecule has 0 amide bonds. The number of nitrogens with one attached hydrogen (secondary N) is 1. The molecule has 1 unspecified atom stereocenters. The Morgan fingerprint density at radius 2 is 2.53 bits per heavy atom. The van der Waals surface area contributed by atoms with E-state index in [4.69, 9.17) is 4.74 Å². The SMILES string of the molecule is CN(CCC1COCCN1)Cc1nccn1C. The second-order valence-electron chi connectivity index (χ2n) is 4.71. The van der Waals surface area contributed by atoms with Crippen LogP contribution in [0.2, 0.25) is 0 Å². The second-order valence-corrected chi connectivity index (χ2v) is 4.71. The molecule has 0 spiro atoms. The van der Waals surface area contributed by atoms with Crippen LogP contribution in [0.4, 0.5) is 0 Å². The van der Waals surface area contributed by atoms with E-state index in [-0.39, 0.29) is 0 Å². The average Bonchev–Trinajstić information content (AvgIpc) is 2.74. The van der Waals surface area contributed by atoms with Crippen molar-refractivity contribution in [3.05, 3.63) is 18.2 Å². The van der Waals surface area contributed by atoms with Gasteiger partial charge in [-0.2, -0.15) is 0 Å². The van der Waals surface area contributed by atoms with Crippen LogP contribution in [0, 0.1) is 0 Å². The van der Waals surface area contributed by atoms with E-state index in [1.165, 1.54) is 0 Å². The van der Waals surface area contributed by atoms with Crippen molar-refractivity contribution in [1.29, 1.82) is 0 Å². The summed E-state index contributed by atoms with van der Waals surface area (Å²) in [5.41, 5.74) is 0. The molecule has 0 aliphatic carbocycles. The van der Waals surface area contributed by atoms with Gasteiger partial charge in [0, 0.05) is 32.0 Å². The molecule has 1 atom stereocenters. The van der Waals surface area contributed by atoms with Gasteiger partial charge in [-0.15, -0.1) is 0 Å². The van der Waals surface area contributed by atoms with Gasteiger partial charge in [-0.25, -0.2) is 4.98 Å². The third-order valence-electron chi connectivity index (χ3n) is 3.19. The standard InChI is InChI=1S/C12H22N4O/c1-15(9-12-14-4-7-16(12)2)6-3-11-10-17-8-5-13-11/h4,7,11,13H,3,5-6,8-10H2,1-2H3. The number of morpholine rings is 1. The predicted octanol–water partition coefficient (Wildman–Crippen LogP) is 0.230. The van der Waals surface area contributed by atoms with E-state index in [2.05, 4.69) is 26.8 Å². The van der Waals surface area contributed by atoms with Crippen LogP contribution in [0.15, 0.2) is 12.4 Å². The van der Waals surface area contributed by atoms with Gasteiger partial charge in [0.15, 0.2) is 0 Å². The number of aryl methyl sites for hydroxylation is 1. The second kappa shape index (κ2) is 6.14. The molecule has 0 saturated carbocycles. The van der Waals surface area contributed by atoms with E-state index in [1.807, 2.05) is 19.4 Å². The summed E-state index contributed by atoms with van der Waals surface area (Å²) >= 11 is 0.